The molecule has 0 aliphatic rings. The molecule has 3 rings (SSSR count). The number of hydrogen-bond acceptors (Lipinski definition) is 5. The van der Waals surface area contributed by atoms with Crippen LogP contribution in [0.2, 0.25) is 0 Å². The first-order chi connectivity index (χ1) is 15.8. The van der Waals surface area contributed by atoms with Crippen molar-refractivity contribution in [1.29, 1.82) is 5.26 Å². The molecule has 0 saturated heterocycles. The lowest BCUT2D eigenvalue weighted by Crippen LogP contribution is -2.14. The SMILES string of the molecule is Cc1cccc(NC(=O)/C(C#N)=C/c2cc(Br)ccc2OCc2cccc([N+](=O)[O-])c2)c1C. The van der Waals surface area contributed by atoms with Gasteiger partial charge in [-0.25, -0.2) is 0 Å². The normalized spacial score (nSPS) is 10.9. The standard InChI is InChI=1S/C25H20BrN3O4/c1-16-5-3-8-23(17(16)2)28-25(30)20(14-27)12-19-13-21(26)9-10-24(19)33-15-18-6-4-7-22(11-18)29(31)32/h3-13H,15H2,1-2H3,(H,28,30)/b20-12+. The second-order valence-corrected chi connectivity index (χ2v) is 8.18. The van der Waals surface area contributed by atoms with Gasteiger partial charge >= 0.3 is 0 Å². The molecule has 166 valence electrons. The lowest BCUT2D eigenvalue weighted by molar-refractivity contribution is -0.384. The molecule has 1 N–H and O–H groups in total. The van der Waals surface area contributed by atoms with E-state index in [4.69, 9.17) is 4.74 Å². The van der Waals surface area contributed by atoms with Crippen LogP contribution < -0.4 is 10.1 Å². The number of benzene rings is 3. The summed E-state index contributed by atoms with van der Waals surface area (Å²) in [5, 5.41) is 23.4. The number of carbonyl (C=O) groups excluding carboxylic acids is 1. The number of halogens is 1. The second-order valence-electron chi connectivity index (χ2n) is 7.27. The van der Waals surface area contributed by atoms with Crippen LogP contribution in [0.3, 0.4) is 0 Å². The predicted octanol–water partition coefficient (Wildman–Crippen LogP) is 6.10. The molecule has 0 unspecified atom stereocenters. The summed E-state index contributed by atoms with van der Waals surface area (Å²) in [6.07, 6.45) is 1.45. The first kappa shape index (κ1) is 23.7. The molecule has 3 aromatic carbocycles. The molecule has 0 spiro atoms. The Bertz CT molecular complexity index is 1300. The Morgan fingerprint density at radius 2 is 1.94 bits per heavy atom. The van der Waals surface area contributed by atoms with Crippen molar-refractivity contribution < 1.29 is 14.5 Å². The zero-order valence-corrected chi connectivity index (χ0v) is 19.5. The van der Waals surface area contributed by atoms with E-state index in [1.54, 1.807) is 36.4 Å². The molecule has 3 aromatic rings. The molecule has 1 amide bonds. The van der Waals surface area contributed by atoms with E-state index in [-0.39, 0.29) is 17.9 Å². The van der Waals surface area contributed by atoms with Crippen LogP contribution in [0.1, 0.15) is 22.3 Å². The smallest absolute Gasteiger partial charge is 0.269 e. The summed E-state index contributed by atoms with van der Waals surface area (Å²) < 4.78 is 6.60. The molecular formula is C25H20BrN3O4. The van der Waals surface area contributed by atoms with Crippen molar-refractivity contribution in [3.05, 3.63) is 103 Å². The van der Waals surface area contributed by atoms with Gasteiger partial charge in [-0.2, -0.15) is 5.26 Å². The predicted molar refractivity (Wildman–Crippen MR) is 130 cm³/mol. The summed E-state index contributed by atoms with van der Waals surface area (Å²) in [5.74, 6) is -0.104. The Morgan fingerprint density at radius 3 is 2.67 bits per heavy atom. The van der Waals surface area contributed by atoms with Gasteiger partial charge in [0.15, 0.2) is 0 Å². The van der Waals surface area contributed by atoms with Crippen LogP contribution in [0.5, 0.6) is 5.75 Å². The van der Waals surface area contributed by atoms with Crippen molar-refractivity contribution in [3.8, 4) is 11.8 Å². The average Bonchev–Trinajstić information content (AvgIpc) is 2.80. The Morgan fingerprint density at radius 1 is 1.18 bits per heavy atom. The molecule has 0 atom stereocenters. The number of non-ortho nitro benzene ring substituents is 1. The van der Waals surface area contributed by atoms with Crippen LogP contribution in [0, 0.1) is 35.3 Å². The summed E-state index contributed by atoms with van der Waals surface area (Å²) in [4.78, 5) is 23.3. The Balaban J connectivity index is 1.85. The van der Waals surface area contributed by atoms with Crippen molar-refractivity contribution >= 4 is 39.3 Å². The number of ether oxygens (including phenoxy) is 1. The van der Waals surface area contributed by atoms with Crippen LogP contribution in [0.4, 0.5) is 11.4 Å². The van der Waals surface area contributed by atoms with Crippen molar-refractivity contribution in [2.75, 3.05) is 5.32 Å². The minimum absolute atomic E-state index is 0.0260. The number of hydrogen-bond donors (Lipinski definition) is 1. The van der Waals surface area contributed by atoms with Crippen LogP contribution in [-0.2, 0) is 11.4 Å². The summed E-state index contributed by atoms with van der Waals surface area (Å²) in [5.41, 5.74) is 3.61. The minimum atomic E-state index is -0.532. The Labute approximate surface area is 199 Å². The van der Waals surface area contributed by atoms with Crippen LogP contribution in [-0.4, -0.2) is 10.8 Å². The van der Waals surface area contributed by atoms with Crippen molar-refractivity contribution in [2.45, 2.75) is 20.5 Å². The lowest BCUT2D eigenvalue weighted by atomic mass is 10.1. The Hall–Kier alpha value is -3.96. The van der Waals surface area contributed by atoms with Gasteiger partial charge in [0.05, 0.1) is 4.92 Å². The summed E-state index contributed by atoms with van der Waals surface area (Å²) in [7, 11) is 0. The van der Waals surface area contributed by atoms with Gasteiger partial charge < -0.3 is 10.1 Å². The van der Waals surface area contributed by atoms with Crippen LogP contribution >= 0.6 is 15.9 Å². The molecule has 7 nitrogen and oxygen atoms in total. The highest BCUT2D eigenvalue weighted by Crippen LogP contribution is 2.27. The van der Waals surface area contributed by atoms with E-state index in [0.717, 1.165) is 15.6 Å². The van der Waals surface area contributed by atoms with Gasteiger partial charge in [-0.1, -0.05) is 40.2 Å². The van der Waals surface area contributed by atoms with E-state index in [1.165, 1.54) is 18.2 Å². The van der Waals surface area contributed by atoms with Gasteiger partial charge in [0.25, 0.3) is 11.6 Å². The number of carbonyl (C=O) groups is 1. The highest BCUT2D eigenvalue weighted by molar-refractivity contribution is 9.10. The number of rotatable bonds is 7. The zero-order valence-electron chi connectivity index (χ0n) is 18.0. The minimum Gasteiger partial charge on any atom is -0.488 e. The topological polar surface area (TPSA) is 105 Å². The monoisotopic (exact) mass is 505 g/mol. The van der Waals surface area contributed by atoms with E-state index in [9.17, 15) is 20.2 Å². The molecule has 0 aliphatic heterocycles. The quantitative estimate of drug-likeness (QED) is 0.181. The van der Waals surface area contributed by atoms with Gasteiger partial charge in [0, 0.05) is 27.9 Å². The summed E-state index contributed by atoms with van der Waals surface area (Å²) in [6, 6.07) is 18.9. The van der Waals surface area contributed by atoms with Crippen LogP contribution in [0.25, 0.3) is 6.08 Å². The van der Waals surface area contributed by atoms with Crippen molar-refractivity contribution in [3.63, 3.8) is 0 Å². The third kappa shape index (κ3) is 6.05. The lowest BCUT2D eigenvalue weighted by Gasteiger charge is -2.12. The van der Waals surface area contributed by atoms with E-state index in [1.807, 2.05) is 32.0 Å². The number of nitro benzene ring substituents is 1. The van der Waals surface area contributed by atoms with E-state index in [0.29, 0.717) is 22.6 Å². The molecule has 0 radical (unpaired) electrons. The molecule has 0 heterocycles. The van der Waals surface area contributed by atoms with E-state index < -0.39 is 10.8 Å². The van der Waals surface area contributed by atoms with Crippen molar-refractivity contribution in [2.24, 2.45) is 0 Å². The average molecular weight is 506 g/mol. The highest BCUT2D eigenvalue weighted by Gasteiger charge is 2.14. The Kier molecular flexibility index (Phi) is 7.59. The van der Waals surface area contributed by atoms with Gasteiger partial charge in [-0.3, -0.25) is 14.9 Å². The van der Waals surface area contributed by atoms with Gasteiger partial charge in [-0.05, 0) is 60.9 Å². The molecule has 33 heavy (non-hydrogen) atoms. The fraction of sp³-hybridized carbons (Fsp3) is 0.120. The molecule has 0 fully saturated rings. The fourth-order valence-corrected chi connectivity index (χ4v) is 3.44. The largest absolute Gasteiger partial charge is 0.488 e. The molecule has 0 bridgehead atoms. The summed E-state index contributed by atoms with van der Waals surface area (Å²) in [6.45, 7) is 3.92. The van der Waals surface area contributed by atoms with Gasteiger partial charge in [0.2, 0.25) is 0 Å². The van der Waals surface area contributed by atoms with E-state index in [2.05, 4.69) is 21.2 Å². The first-order valence-electron chi connectivity index (χ1n) is 9.93. The number of aryl methyl sites for hydroxylation is 1. The molecular weight excluding hydrogens is 486 g/mol. The van der Waals surface area contributed by atoms with Crippen molar-refractivity contribution in [1.82, 2.24) is 0 Å². The maximum atomic E-state index is 12.8. The third-order valence-corrected chi connectivity index (χ3v) is 5.50. The van der Waals surface area contributed by atoms with E-state index >= 15 is 0 Å². The maximum absolute atomic E-state index is 12.8. The molecule has 8 heteroatoms. The number of nitrogens with one attached hydrogen (secondary N) is 1. The molecule has 0 saturated carbocycles. The number of amides is 1. The highest BCUT2D eigenvalue weighted by atomic mass is 79.9. The van der Waals surface area contributed by atoms with Gasteiger partial charge in [0.1, 0.15) is 24.0 Å². The number of nitrogens with zero attached hydrogens (tertiary/aromatic N) is 2. The first-order valence-corrected chi connectivity index (χ1v) is 10.7. The molecule has 0 aromatic heterocycles. The summed E-state index contributed by atoms with van der Waals surface area (Å²) >= 11 is 3.39. The maximum Gasteiger partial charge on any atom is 0.269 e. The fourth-order valence-electron chi connectivity index (χ4n) is 3.06. The zero-order chi connectivity index (χ0) is 24.0. The number of nitro groups is 1. The third-order valence-electron chi connectivity index (χ3n) is 5.01. The number of nitriles is 1. The van der Waals surface area contributed by atoms with Gasteiger partial charge in [-0.15, -0.1) is 0 Å². The van der Waals surface area contributed by atoms with Crippen LogP contribution in [0.15, 0.2) is 70.7 Å². The second kappa shape index (κ2) is 10.6. The molecule has 0 aliphatic carbocycles. The number of anilines is 1.